The number of nitrogens with zero attached hydrogens (tertiary/aromatic N) is 1. The van der Waals surface area contributed by atoms with Crippen molar-refractivity contribution in [2.24, 2.45) is 5.92 Å². The summed E-state index contributed by atoms with van der Waals surface area (Å²) in [5.74, 6) is 0.765. The first-order valence-corrected chi connectivity index (χ1v) is 7.62. The van der Waals surface area contributed by atoms with Gasteiger partial charge in [-0.1, -0.05) is 38.5 Å². The van der Waals surface area contributed by atoms with E-state index in [9.17, 15) is 0 Å². The smallest absolute Gasteiger partial charge is 0.0240 e. The summed E-state index contributed by atoms with van der Waals surface area (Å²) in [6.07, 6.45) is 1.26. The van der Waals surface area contributed by atoms with Crippen LogP contribution in [0.25, 0.3) is 0 Å². The number of nitrogens with one attached hydrogen (secondary N) is 1. The molecule has 1 aromatic rings. The zero-order valence-corrected chi connectivity index (χ0v) is 12.9. The summed E-state index contributed by atoms with van der Waals surface area (Å²) in [4.78, 5) is 2.61. The van der Waals surface area contributed by atoms with Crippen LogP contribution < -0.4 is 5.32 Å². The normalized spacial score (nSPS) is 22.4. The van der Waals surface area contributed by atoms with Crippen molar-refractivity contribution in [3.05, 3.63) is 34.9 Å². The molecule has 1 aromatic carbocycles. The molecule has 0 aliphatic carbocycles. The van der Waals surface area contributed by atoms with Gasteiger partial charge in [0.05, 0.1) is 0 Å². The molecule has 0 radical (unpaired) electrons. The van der Waals surface area contributed by atoms with Crippen LogP contribution in [0.15, 0.2) is 18.2 Å². The van der Waals surface area contributed by atoms with Crippen molar-refractivity contribution in [2.45, 2.75) is 46.7 Å². The molecule has 19 heavy (non-hydrogen) atoms. The van der Waals surface area contributed by atoms with E-state index in [2.05, 4.69) is 56.1 Å². The van der Waals surface area contributed by atoms with Gasteiger partial charge in [-0.15, -0.1) is 0 Å². The molecule has 1 saturated heterocycles. The maximum absolute atomic E-state index is 3.67. The highest BCUT2D eigenvalue weighted by molar-refractivity contribution is 5.33. The Morgan fingerprint density at radius 2 is 2.00 bits per heavy atom. The van der Waals surface area contributed by atoms with Crippen LogP contribution in [0.5, 0.6) is 0 Å². The van der Waals surface area contributed by atoms with Crippen molar-refractivity contribution in [3.63, 3.8) is 0 Å². The molecule has 1 N–H and O–H groups in total. The fraction of sp³-hybridized carbons (Fsp3) is 0.647. The van der Waals surface area contributed by atoms with Crippen molar-refractivity contribution < 1.29 is 0 Å². The molecular weight excluding hydrogens is 232 g/mol. The van der Waals surface area contributed by atoms with Gasteiger partial charge in [0.2, 0.25) is 0 Å². The Hall–Kier alpha value is -0.860. The van der Waals surface area contributed by atoms with E-state index in [4.69, 9.17) is 0 Å². The van der Waals surface area contributed by atoms with Crippen molar-refractivity contribution in [2.75, 3.05) is 19.6 Å². The second-order valence-corrected chi connectivity index (χ2v) is 6.05. The Labute approximate surface area is 118 Å². The van der Waals surface area contributed by atoms with Gasteiger partial charge < -0.3 is 5.32 Å². The predicted octanol–water partition coefficient (Wildman–Crippen LogP) is 3.12. The first-order chi connectivity index (χ1) is 9.11. The number of hydrogen-bond donors (Lipinski definition) is 1. The summed E-state index contributed by atoms with van der Waals surface area (Å²) in [6.45, 7) is 13.7. The van der Waals surface area contributed by atoms with Crippen LogP contribution in [0.4, 0.5) is 0 Å². The van der Waals surface area contributed by atoms with Crippen LogP contribution in [0.3, 0.4) is 0 Å². The lowest BCUT2D eigenvalue weighted by Crippen LogP contribution is -2.52. The molecule has 2 rings (SSSR count). The van der Waals surface area contributed by atoms with Gasteiger partial charge in [0.25, 0.3) is 0 Å². The predicted molar refractivity (Wildman–Crippen MR) is 82.4 cm³/mol. The highest BCUT2D eigenvalue weighted by atomic mass is 15.2. The highest BCUT2D eigenvalue weighted by Crippen LogP contribution is 2.18. The Kier molecular flexibility index (Phi) is 5.00. The van der Waals surface area contributed by atoms with Crippen molar-refractivity contribution in [1.82, 2.24) is 10.2 Å². The zero-order valence-electron chi connectivity index (χ0n) is 12.9. The lowest BCUT2D eigenvalue weighted by Gasteiger charge is -2.37. The molecular formula is C17H28N2. The Morgan fingerprint density at radius 3 is 2.63 bits per heavy atom. The fourth-order valence-electron chi connectivity index (χ4n) is 2.97. The molecule has 0 amide bonds. The van der Waals surface area contributed by atoms with E-state index in [1.165, 1.54) is 36.2 Å². The third-order valence-corrected chi connectivity index (χ3v) is 4.65. The lowest BCUT2D eigenvalue weighted by molar-refractivity contribution is 0.162. The molecule has 0 spiro atoms. The Bertz CT molecular complexity index is 393. The summed E-state index contributed by atoms with van der Waals surface area (Å²) in [7, 11) is 0. The molecule has 1 aliphatic heterocycles. The molecule has 0 saturated carbocycles. The average molecular weight is 260 g/mol. The van der Waals surface area contributed by atoms with Crippen LogP contribution in [0, 0.1) is 19.8 Å². The van der Waals surface area contributed by atoms with Crippen LogP contribution in [0.1, 0.15) is 37.0 Å². The minimum absolute atomic E-state index is 0.656. The molecule has 2 nitrogen and oxygen atoms in total. The first kappa shape index (κ1) is 14.5. The van der Waals surface area contributed by atoms with Gasteiger partial charge in [-0.2, -0.15) is 0 Å². The van der Waals surface area contributed by atoms with Crippen molar-refractivity contribution in [3.8, 4) is 0 Å². The zero-order chi connectivity index (χ0) is 13.8. The van der Waals surface area contributed by atoms with Gasteiger partial charge in [0.15, 0.2) is 0 Å². The molecule has 0 bridgehead atoms. The second kappa shape index (κ2) is 6.53. The Morgan fingerprint density at radius 1 is 1.32 bits per heavy atom. The molecule has 2 atom stereocenters. The number of rotatable bonds is 4. The monoisotopic (exact) mass is 260 g/mol. The lowest BCUT2D eigenvalue weighted by atomic mass is 9.96. The van der Waals surface area contributed by atoms with Crippen LogP contribution >= 0.6 is 0 Å². The van der Waals surface area contributed by atoms with Crippen LogP contribution in [-0.2, 0) is 6.54 Å². The van der Waals surface area contributed by atoms with E-state index >= 15 is 0 Å². The minimum Gasteiger partial charge on any atom is -0.311 e. The maximum Gasteiger partial charge on any atom is 0.0240 e. The Balaban J connectivity index is 2.03. The number of aryl methyl sites for hydroxylation is 2. The third kappa shape index (κ3) is 3.58. The second-order valence-electron chi connectivity index (χ2n) is 6.05. The first-order valence-electron chi connectivity index (χ1n) is 7.62. The van der Waals surface area contributed by atoms with E-state index < -0.39 is 0 Å². The molecule has 1 aliphatic rings. The quantitative estimate of drug-likeness (QED) is 0.895. The number of hydrogen-bond acceptors (Lipinski definition) is 2. The summed E-state index contributed by atoms with van der Waals surface area (Å²) < 4.78 is 0. The maximum atomic E-state index is 3.67. The standard InChI is InChI=1S/C17H28N2/c1-5-13(2)17-12-19(10-9-18-17)11-16-14(3)7-6-8-15(16)4/h6-8,13,17-18H,5,9-12H2,1-4H3. The van der Waals surface area contributed by atoms with E-state index in [1.807, 2.05) is 0 Å². The van der Waals surface area contributed by atoms with Gasteiger partial charge >= 0.3 is 0 Å². The van der Waals surface area contributed by atoms with E-state index in [1.54, 1.807) is 0 Å². The number of benzene rings is 1. The topological polar surface area (TPSA) is 15.3 Å². The average Bonchev–Trinajstić information content (AvgIpc) is 2.42. The number of piperazine rings is 1. The van der Waals surface area contributed by atoms with E-state index in [-0.39, 0.29) is 0 Å². The molecule has 1 heterocycles. The molecule has 0 aromatic heterocycles. The summed E-state index contributed by atoms with van der Waals surface area (Å²) in [6, 6.07) is 7.28. The summed E-state index contributed by atoms with van der Waals surface area (Å²) in [5, 5.41) is 3.67. The molecule has 1 fully saturated rings. The van der Waals surface area contributed by atoms with Gasteiger partial charge in [0, 0.05) is 32.2 Å². The minimum atomic E-state index is 0.656. The van der Waals surface area contributed by atoms with Gasteiger partial charge in [-0.05, 0) is 36.5 Å². The fourth-order valence-corrected chi connectivity index (χ4v) is 2.97. The summed E-state index contributed by atoms with van der Waals surface area (Å²) >= 11 is 0. The molecule has 2 heteroatoms. The van der Waals surface area contributed by atoms with Gasteiger partial charge in [-0.3, -0.25) is 4.90 Å². The molecule has 106 valence electrons. The molecule has 2 unspecified atom stereocenters. The van der Waals surface area contributed by atoms with Gasteiger partial charge in [-0.25, -0.2) is 0 Å². The third-order valence-electron chi connectivity index (χ3n) is 4.65. The largest absolute Gasteiger partial charge is 0.311 e. The van der Waals surface area contributed by atoms with Crippen molar-refractivity contribution >= 4 is 0 Å². The van der Waals surface area contributed by atoms with Gasteiger partial charge in [0.1, 0.15) is 0 Å². The van der Waals surface area contributed by atoms with Crippen LogP contribution in [-0.4, -0.2) is 30.6 Å². The van der Waals surface area contributed by atoms with Crippen molar-refractivity contribution in [1.29, 1.82) is 0 Å². The highest BCUT2D eigenvalue weighted by Gasteiger charge is 2.23. The summed E-state index contributed by atoms with van der Waals surface area (Å²) in [5.41, 5.74) is 4.38. The van der Waals surface area contributed by atoms with Crippen LogP contribution in [0.2, 0.25) is 0 Å². The van der Waals surface area contributed by atoms with E-state index in [0.717, 1.165) is 19.0 Å². The SMILES string of the molecule is CCC(C)C1CN(Cc2c(C)cccc2C)CCN1. The van der Waals surface area contributed by atoms with E-state index in [0.29, 0.717) is 6.04 Å².